The number of aryl methyl sites for hydroxylation is 3. The Kier molecular flexibility index (Phi) is 6.33. The smallest absolute Gasteiger partial charge is 0.226 e. The van der Waals surface area contributed by atoms with E-state index in [4.69, 9.17) is 14.1 Å². The van der Waals surface area contributed by atoms with Crippen molar-refractivity contribution in [2.75, 3.05) is 6.61 Å². The van der Waals surface area contributed by atoms with Crippen LogP contribution in [0.15, 0.2) is 52.9 Å². The fraction of sp³-hybridized carbons (Fsp3) is 0.292. The van der Waals surface area contributed by atoms with E-state index < -0.39 is 0 Å². The Morgan fingerprint density at radius 2 is 1.81 bits per heavy atom. The minimum atomic E-state index is 0.618. The zero-order valence-corrected chi connectivity index (χ0v) is 15.8. The Bertz CT molecular complexity index is 893. The molecular formula is C24H25NO2. The second-order valence-corrected chi connectivity index (χ2v) is 6.49. The zero-order valence-electron chi connectivity index (χ0n) is 15.8. The summed E-state index contributed by atoms with van der Waals surface area (Å²) < 4.78 is 11.9. The molecule has 0 saturated heterocycles. The molecule has 1 aliphatic carbocycles. The SMILES string of the molecule is C#C.CCc1oc(-c2ccccc2)nc1CCOc1ccc2c(c1)CCC2. The van der Waals surface area contributed by atoms with Crippen molar-refractivity contribution in [3.05, 3.63) is 71.1 Å². The van der Waals surface area contributed by atoms with Crippen molar-refractivity contribution < 1.29 is 9.15 Å². The molecule has 0 N–H and O–H groups in total. The van der Waals surface area contributed by atoms with Crippen LogP contribution in [0.5, 0.6) is 5.75 Å². The van der Waals surface area contributed by atoms with Crippen LogP contribution in [0.25, 0.3) is 11.5 Å². The summed E-state index contributed by atoms with van der Waals surface area (Å²) in [4.78, 5) is 4.69. The van der Waals surface area contributed by atoms with Gasteiger partial charge in [-0.3, -0.25) is 0 Å². The lowest BCUT2D eigenvalue weighted by Crippen LogP contribution is -2.03. The third-order valence-electron chi connectivity index (χ3n) is 4.80. The maximum Gasteiger partial charge on any atom is 0.226 e. The van der Waals surface area contributed by atoms with Gasteiger partial charge in [-0.05, 0) is 54.7 Å². The second-order valence-electron chi connectivity index (χ2n) is 6.49. The van der Waals surface area contributed by atoms with Gasteiger partial charge >= 0.3 is 0 Å². The third-order valence-corrected chi connectivity index (χ3v) is 4.80. The fourth-order valence-electron chi connectivity index (χ4n) is 3.46. The van der Waals surface area contributed by atoms with E-state index in [0.29, 0.717) is 12.5 Å². The van der Waals surface area contributed by atoms with Crippen LogP contribution >= 0.6 is 0 Å². The molecule has 0 bridgehead atoms. The van der Waals surface area contributed by atoms with E-state index in [0.717, 1.165) is 35.6 Å². The lowest BCUT2D eigenvalue weighted by Gasteiger charge is -2.07. The Labute approximate surface area is 161 Å². The number of nitrogens with zero attached hydrogens (tertiary/aromatic N) is 1. The molecule has 1 aromatic heterocycles. The molecule has 1 heterocycles. The minimum absolute atomic E-state index is 0.618. The number of oxazole rings is 1. The summed E-state index contributed by atoms with van der Waals surface area (Å²) in [6, 6.07) is 16.5. The van der Waals surface area contributed by atoms with Crippen LogP contribution in [0.1, 0.15) is 35.9 Å². The number of benzene rings is 2. The minimum Gasteiger partial charge on any atom is -0.493 e. The summed E-state index contributed by atoms with van der Waals surface area (Å²) in [5, 5.41) is 0. The monoisotopic (exact) mass is 359 g/mol. The third kappa shape index (κ3) is 4.41. The summed E-state index contributed by atoms with van der Waals surface area (Å²) >= 11 is 0. The van der Waals surface area contributed by atoms with Gasteiger partial charge in [0.15, 0.2) is 0 Å². The second kappa shape index (κ2) is 9.09. The molecule has 0 atom stereocenters. The van der Waals surface area contributed by atoms with Crippen LogP contribution in [0, 0.1) is 12.8 Å². The topological polar surface area (TPSA) is 35.3 Å². The molecule has 0 aliphatic heterocycles. The molecule has 3 heteroatoms. The van der Waals surface area contributed by atoms with Crippen molar-refractivity contribution >= 4 is 0 Å². The predicted octanol–water partition coefficient (Wildman–Crippen LogP) is 5.26. The highest BCUT2D eigenvalue weighted by Gasteiger charge is 2.14. The van der Waals surface area contributed by atoms with E-state index in [1.54, 1.807) is 0 Å². The molecule has 3 nitrogen and oxygen atoms in total. The van der Waals surface area contributed by atoms with Crippen LogP contribution in [0.3, 0.4) is 0 Å². The molecule has 27 heavy (non-hydrogen) atoms. The van der Waals surface area contributed by atoms with Gasteiger partial charge in [-0.1, -0.05) is 31.2 Å². The van der Waals surface area contributed by atoms with Crippen LogP contribution in [0.4, 0.5) is 0 Å². The number of hydrogen-bond acceptors (Lipinski definition) is 3. The highest BCUT2D eigenvalue weighted by atomic mass is 16.5. The molecule has 0 radical (unpaired) electrons. The number of ether oxygens (including phenoxy) is 1. The summed E-state index contributed by atoms with van der Waals surface area (Å²) in [6.07, 6.45) is 13.2. The van der Waals surface area contributed by atoms with E-state index in [1.165, 1.54) is 30.4 Å². The van der Waals surface area contributed by atoms with Gasteiger partial charge < -0.3 is 9.15 Å². The van der Waals surface area contributed by atoms with E-state index >= 15 is 0 Å². The van der Waals surface area contributed by atoms with Gasteiger partial charge in [0.05, 0.1) is 12.3 Å². The van der Waals surface area contributed by atoms with Crippen molar-refractivity contribution in [2.45, 2.75) is 39.0 Å². The van der Waals surface area contributed by atoms with Gasteiger partial charge in [-0.2, -0.15) is 0 Å². The summed E-state index contributed by atoms with van der Waals surface area (Å²) in [6.45, 7) is 2.71. The normalized spacial score (nSPS) is 12.1. The lowest BCUT2D eigenvalue weighted by atomic mass is 10.1. The van der Waals surface area contributed by atoms with Crippen LogP contribution in [0.2, 0.25) is 0 Å². The molecule has 0 spiro atoms. The number of terminal acetylenes is 1. The van der Waals surface area contributed by atoms with E-state index in [1.807, 2.05) is 30.3 Å². The average Bonchev–Trinajstić information content (AvgIpc) is 3.36. The van der Waals surface area contributed by atoms with E-state index in [2.05, 4.69) is 38.0 Å². The Morgan fingerprint density at radius 1 is 1.04 bits per heavy atom. The van der Waals surface area contributed by atoms with Crippen LogP contribution in [-0.2, 0) is 25.7 Å². The number of aromatic nitrogens is 1. The van der Waals surface area contributed by atoms with Gasteiger partial charge in [0.25, 0.3) is 0 Å². The van der Waals surface area contributed by atoms with Gasteiger partial charge in [0.2, 0.25) is 5.89 Å². The lowest BCUT2D eigenvalue weighted by molar-refractivity contribution is 0.319. The molecule has 3 aromatic rings. The van der Waals surface area contributed by atoms with Crippen LogP contribution < -0.4 is 4.74 Å². The molecule has 138 valence electrons. The van der Waals surface area contributed by atoms with Gasteiger partial charge in [0.1, 0.15) is 11.5 Å². The summed E-state index contributed by atoms with van der Waals surface area (Å²) in [5.41, 5.74) is 4.94. The average molecular weight is 359 g/mol. The van der Waals surface area contributed by atoms with Gasteiger partial charge in [-0.25, -0.2) is 4.98 Å². The first-order valence-electron chi connectivity index (χ1n) is 9.45. The van der Waals surface area contributed by atoms with E-state index in [9.17, 15) is 0 Å². The predicted molar refractivity (Wildman–Crippen MR) is 109 cm³/mol. The molecule has 0 amide bonds. The van der Waals surface area contributed by atoms with Crippen molar-refractivity contribution in [1.29, 1.82) is 0 Å². The molecule has 0 unspecified atom stereocenters. The maximum atomic E-state index is 5.97. The van der Waals surface area contributed by atoms with Crippen molar-refractivity contribution in [1.82, 2.24) is 4.98 Å². The highest BCUT2D eigenvalue weighted by molar-refractivity contribution is 5.53. The first kappa shape index (κ1) is 18.8. The standard InChI is InChI=1S/C22H23NO2.C2H2/c1-2-21-20(23-22(25-21)17-7-4-3-5-8-17)13-14-24-19-12-11-16-9-6-10-18(16)15-19;1-2/h3-5,7-8,11-12,15H,2,6,9-10,13-14H2,1H3;1-2H. The highest BCUT2D eigenvalue weighted by Crippen LogP contribution is 2.26. The first-order chi connectivity index (χ1) is 13.3. The van der Waals surface area contributed by atoms with Crippen LogP contribution in [-0.4, -0.2) is 11.6 Å². The number of rotatable bonds is 6. The molecule has 1 aliphatic rings. The van der Waals surface area contributed by atoms with Gasteiger partial charge in [0, 0.05) is 18.4 Å². The molecule has 2 aromatic carbocycles. The summed E-state index contributed by atoms with van der Waals surface area (Å²) in [7, 11) is 0. The van der Waals surface area contributed by atoms with Crippen molar-refractivity contribution in [3.63, 3.8) is 0 Å². The molecule has 0 fully saturated rings. The zero-order chi connectivity index (χ0) is 19.1. The first-order valence-corrected chi connectivity index (χ1v) is 9.45. The largest absolute Gasteiger partial charge is 0.493 e. The molecule has 4 rings (SSSR count). The number of hydrogen-bond donors (Lipinski definition) is 0. The quantitative estimate of drug-likeness (QED) is 0.563. The molecule has 0 saturated carbocycles. The number of fused-ring (bicyclic) bond motifs is 1. The van der Waals surface area contributed by atoms with Crippen molar-refractivity contribution in [3.8, 4) is 30.1 Å². The molecular weight excluding hydrogens is 334 g/mol. The van der Waals surface area contributed by atoms with E-state index in [-0.39, 0.29) is 0 Å². The van der Waals surface area contributed by atoms with Gasteiger partial charge in [-0.15, -0.1) is 12.8 Å². The fourth-order valence-corrected chi connectivity index (χ4v) is 3.46. The maximum absolute atomic E-state index is 5.97. The Hall–Kier alpha value is -2.99. The van der Waals surface area contributed by atoms with Crippen molar-refractivity contribution in [2.24, 2.45) is 0 Å². The Morgan fingerprint density at radius 3 is 2.59 bits per heavy atom. The Balaban J connectivity index is 0.00000102. The summed E-state index contributed by atoms with van der Waals surface area (Å²) in [5.74, 6) is 2.62.